The van der Waals surface area contributed by atoms with Gasteiger partial charge in [0.25, 0.3) is 5.91 Å². The molecule has 0 aromatic heterocycles. The van der Waals surface area contributed by atoms with Gasteiger partial charge in [0.05, 0.1) is 5.71 Å². The topological polar surface area (TPSA) is 83.4 Å². The van der Waals surface area contributed by atoms with Crippen LogP contribution < -0.4 is 5.73 Å². The first-order chi connectivity index (χ1) is 11.7. The van der Waals surface area contributed by atoms with Gasteiger partial charge in [-0.15, -0.1) is 0 Å². The molecular formula is C19H31N5O. The molecule has 0 radical (unpaired) electrons. The molecule has 0 bridgehead atoms. The third-order valence-electron chi connectivity index (χ3n) is 4.26. The van der Waals surface area contributed by atoms with Crippen molar-refractivity contribution in [1.82, 2.24) is 4.90 Å². The summed E-state index contributed by atoms with van der Waals surface area (Å²) < 4.78 is 0. The van der Waals surface area contributed by atoms with Gasteiger partial charge in [-0.3, -0.25) is 14.8 Å². The van der Waals surface area contributed by atoms with Crippen LogP contribution >= 0.6 is 0 Å². The van der Waals surface area contributed by atoms with Crippen molar-refractivity contribution in [1.29, 1.82) is 0 Å². The van der Waals surface area contributed by atoms with Gasteiger partial charge in [-0.2, -0.15) is 0 Å². The summed E-state index contributed by atoms with van der Waals surface area (Å²) in [5.41, 5.74) is 8.02. The molecule has 1 amide bonds. The Hall–Kier alpha value is -2.24. The third kappa shape index (κ3) is 4.87. The van der Waals surface area contributed by atoms with Crippen molar-refractivity contribution in [3.63, 3.8) is 0 Å². The second-order valence-electron chi connectivity index (χ2n) is 6.70. The fourth-order valence-electron chi connectivity index (χ4n) is 3.11. The molecule has 1 saturated heterocycles. The van der Waals surface area contributed by atoms with Crippen LogP contribution in [0.4, 0.5) is 0 Å². The number of carbonyl (C=O) groups is 1. The second-order valence-corrected chi connectivity index (χ2v) is 6.70. The van der Waals surface area contributed by atoms with E-state index in [9.17, 15) is 4.79 Å². The van der Waals surface area contributed by atoms with Gasteiger partial charge in [0.15, 0.2) is 0 Å². The zero-order valence-corrected chi connectivity index (χ0v) is 16.5. The quantitative estimate of drug-likeness (QED) is 0.614. The SMILES string of the molecule is C/C=C1\C(=C/C)N(/C(=N/C=N\CC)C(C)/N=C(\C)C(N)=O)CC1(C)C. The van der Waals surface area contributed by atoms with E-state index in [0.717, 1.165) is 18.1 Å². The van der Waals surface area contributed by atoms with E-state index in [1.54, 1.807) is 13.3 Å². The summed E-state index contributed by atoms with van der Waals surface area (Å²) >= 11 is 0. The van der Waals surface area contributed by atoms with E-state index in [1.807, 2.05) is 20.8 Å². The number of allylic oxidation sites excluding steroid dienone is 3. The van der Waals surface area contributed by atoms with E-state index in [0.29, 0.717) is 12.3 Å². The molecular weight excluding hydrogens is 314 g/mol. The molecule has 1 rings (SSSR count). The lowest BCUT2D eigenvalue weighted by Gasteiger charge is -2.25. The number of amides is 1. The summed E-state index contributed by atoms with van der Waals surface area (Å²) in [4.78, 5) is 26.7. The summed E-state index contributed by atoms with van der Waals surface area (Å²) in [6, 6.07) is -0.308. The molecule has 0 aromatic carbocycles. The zero-order chi connectivity index (χ0) is 19.2. The van der Waals surface area contributed by atoms with Crippen molar-refractivity contribution < 1.29 is 4.79 Å². The van der Waals surface area contributed by atoms with Gasteiger partial charge in [0, 0.05) is 24.2 Å². The fraction of sp³-hybridized carbons (Fsp3) is 0.579. The molecule has 1 unspecified atom stereocenters. The molecule has 0 spiro atoms. The highest BCUT2D eigenvalue weighted by atomic mass is 16.1. The van der Waals surface area contributed by atoms with Crippen LogP contribution in [-0.2, 0) is 4.79 Å². The predicted molar refractivity (Wildman–Crippen MR) is 106 cm³/mol. The molecule has 1 heterocycles. The minimum absolute atomic E-state index is 0.00142. The van der Waals surface area contributed by atoms with Crippen molar-refractivity contribution in [3.8, 4) is 0 Å². The second kappa shape index (κ2) is 8.74. The minimum atomic E-state index is -0.518. The largest absolute Gasteiger partial charge is 0.365 e. The molecule has 0 aliphatic carbocycles. The number of rotatable bonds is 5. The van der Waals surface area contributed by atoms with Crippen LogP contribution in [0, 0.1) is 5.41 Å². The molecule has 1 aliphatic heterocycles. The van der Waals surface area contributed by atoms with Crippen molar-refractivity contribution in [2.75, 3.05) is 13.1 Å². The number of hydrogen-bond acceptors (Lipinski definition) is 3. The van der Waals surface area contributed by atoms with E-state index < -0.39 is 5.91 Å². The highest BCUT2D eigenvalue weighted by Gasteiger charge is 2.40. The summed E-state index contributed by atoms with van der Waals surface area (Å²) in [6.45, 7) is 15.5. The van der Waals surface area contributed by atoms with Gasteiger partial charge in [-0.1, -0.05) is 26.0 Å². The number of hydrogen-bond donors (Lipinski definition) is 1. The predicted octanol–water partition coefficient (Wildman–Crippen LogP) is 2.96. The Bertz CT molecular complexity index is 653. The molecule has 25 heavy (non-hydrogen) atoms. The lowest BCUT2D eigenvalue weighted by Crippen LogP contribution is -2.37. The van der Waals surface area contributed by atoms with Gasteiger partial charge in [0.1, 0.15) is 18.2 Å². The maximum atomic E-state index is 11.4. The Kier molecular flexibility index (Phi) is 7.27. The van der Waals surface area contributed by atoms with Crippen molar-refractivity contribution in [3.05, 3.63) is 23.4 Å². The molecule has 6 heteroatoms. The molecule has 1 atom stereocenters. The van der Waals surface area contributed by atoms with Gasteiger partial charge < -0.3 is 10.6 Å². The number of likely N-dealkylation sites (tertiary alicyclic amines) is 1. The monoisotopic (exact) mass is 345 g/mol. The number of carbonyl (C=O) groups excluding carboxylic acids is 1. The molecule has 1 fully saturated rings. The van der Waals surface area contributed by atoms with Gasteiger partial charge in [-0.05, 0) is 40.2 Å². The van der Waals surface area contributed by atoms with Gasteiger partial charge in [-0.25, -0.2) is 4.99 Å². The van der Waals surface area contributed by atoms with Crippen LogP contribution in [0.3, 0.4) is 0 Å². The van der Waals surface area contributed by atoms with E-state index in [-0.39, 0.29) is 11.5 Å². The number of nitrogens with zero attached hydrogens (tertiary/aromatic N) is 4. The Morgan fingerprint density at radius 1 is 1.36 bits per heavy atom. The first-order valence-electron chi connectivity index (χ1n) is 8.70. The van der Waals surface area contributed by atoms with Crippen LogP contribution in [0.1, 0.15) is 48.5 Å². The van der Waals surface area contributed by atoms with Gasteiger partial charge >= 0.3 is 0 Å². The minimum Gasteiger partial charge on any atom is -0.365 e. The highest BCUT2D eigenvalue weighted by Crippen LogP contribution is 2.42. The number of aliphatic imine (C=N–C) groups is 3. The fourth-order valence-corrected chi connectivity index (χ4v) is 3.11. The molecule has 1 aliphatic rings. The average molecular weight is 345 g/mol. The molecule has 0 aromatic rings. The normalized spacial score (nSPS) is 23.1. The third-order valence-corrected chi connectivity index (χ3v) is 4.26. The Morgan fingerprint density at radius 3 is 2.48 bits per heavy atom. The lowest BCUT2D eigenvalue weighted by atomic mass is 9.86. The van der Waals surface area contributed by atoms with Crippen LogP contribution in [0.2, 0.25) is 0 Å². The van der Waals surface area contributed by atoms with Crippen LogP contribution in [0.25, 0.3) is 0 Å². The van der Waals surface area contributed by atoms with Crippen LogP contribution in [0.15, 0.2) is 38.4 Å². The van der Waals surface area contributed by atoms with Crippen molar-refractivity contribution in [2.45, 2.75) is 54.5 Å². The van der Waals surface area contributed by atoms with E-state index in [4.69, 9.17) is 5.73 Å². The van der Waals surface area contributed by atoms with Crippen LogP contribution in [0.5, 0.6) is 0 Å². The van der Waals surface area contributed by atoms with Crippen molar-refractivity contribution in [2.24, 2.45) is 26.1 Å². The highest BCUT2D eigenvalue weighted by molar-refractivity contribution is 6.37. The zero-order valence-electron chi connectivity index (χ0n) is 16.5. The number of primary amides is 1. The maximum Gasteiger partial charge on any atom is 0.262 e. The van der Waals surface area contributed by atoms with Crippen molar-refractivity contribution >= 4 is 23.8 Å². The number of amidine groups is 1. The summed E-state index contributed by atoms with van der Waals surface area (Å²) in [5, 5.41) is 0. The average Bonchev–Trinajstić information content (AvgIpc) is 2.80. The van der Waals surface area contributed by atoms with Crippen LogP contribution in [-0.4, -0.2) is 47.8 Å². The first-order valence-corrected chi connectivity index (χ1v) is 8.70. The molecule has 138 valence electrons. The number of nitrogens with two attached hydrogens (primary N) is 1. The standard InChI is InChI=1S/C19H31N5O/c1-8-15-16(9-2)24(11-19(15,6)7)18(22-12-21-10-3)14(5)23-13(4)17(20)25/h8-9,12,14H,10-11H2,1-7H3,(H2,20,25)/b15-8+,16-9+,21-12-,22-18+,23-13+. The Balaban J connectivity index is 3.39. The summed E-state index contributed by atoms with van der Waals surface area (Å²) in [7, 11) is 0. The Labute approximate surface area is 151 Å². The smallest absolute Gasteiger partial charge is 0.262 e. The first kappa shape index (κ1) is 20.8. The lowest BCUT2D eigenvalue weighted by molar-refractivity contribution is -0.112. The van der Waals surface area contributed by atoms with Gasteiger partial charge in [0.2, 0.25) is 0 Å². The van der Waals surface area contributed by atoms with E-state index in [2.05, 4.69) is 52.8 Å². The van der Waals surface area contributed by atoms with E-state index in [1.165, 1.54) is 5.57 Å². The molecule has 0 saturated carbocycles. The molecule has 6 nitrogen and oxygen atoms in total. The maximum absolute atomic E-state index is 11.4. The summed E-state index contributed by atoms with van der Waals surface area (Å²) in [5.74, 6) is 0.242. The Morgan fingerprint density at radius 2 is 2.00 bits per heavy atom. The molecule has 2 N–H and O–H groups in total. The van der Waals surface area contributed by atoms with E-state index >= 15 is 0 Å². The summed E-state index contributed by atoms with van der Waals surface area (Å²) in [6.07, 6.45) is 5.80.